The molecule has 0 spiro atoms. The lowest BCUT2D eigenvalue weighted by molar-refractivity contribution is -0.116. The summed E-state index contributed by atoms with van der Waals surface area (Å²) in [5, 5.41) is 8.63. The lowest BCUT2D eigenvalue weighted by Crippen LogP contribution is -2.31. The molecule has 0 unspecified atom stereocenters. The lowest BCUT2D eigenvalue weighted by atomic mass is 10.2. The number of H-pyrrole nitrogens is 1. The first-order valence-electron chi connectivity index (χ1n) is 6.63. The monoisotopic (exact) mass is 300 g/mol. The molecule has 0 bridgehead atoms. The van der Waals surface area contributed by atoms with Gasteiger partial charge in [-0.25, -0.2) is 5.10 Å². The number of nitrogens with one attached hydrogen (secondary N) is 2. The molecule has 0 radical (unpaired) electrons. The largest absolute Gasteiger partial charge is 0.295 e. The SMILES string of the molecule is O=C(CCCN1C(=O)c2cccnc2C1=O)Nc1ncn[nH]1. The molecule has 9 heteroatoms. The Morgan fingerprint density at radius 2 is 2.14 bits per heavy atom. The molecule has 1 aliphatic heterocycles. The summed E-state index contributed by atoms with van der Waals surface area (Å²) >= 11 is 0. The number of hydrogen-bond acceptors (Lipinski definition) is 6. The highest BCUT2D eigenvalue weighted by Crippen LogP contribution is 2.20. The zero-order valence-electron chi connectivity index (χ0n) is 11.4. The van der Waals surface area contributed by atoms with Crippen LogP contribution in [-0.4, -0.2) is 49.3 Å². The van der Waals surface area contributed by atoms with Crippen molar-refractivity contribution in [1.29, 1.82) is 0 Å². The van der Waals surface area contributed by atoms with Crippen molar-refractivity contribution in [2.75, 3.05) is 11.9 Å². The van der Waals surface area contributed by atoms with E-state index in [4.69, 9.17) is 0 Å². The number of imide groups is 1. The molecule has 0 fully saturated rings. The van der Waals surface area contributed by atoms with Crippen molar-refractivity contribution in [3.63, 3.8) is 0 Å². The maximum Gasteiger partial charge on any atom is 0.280 e. The lowest BCUT2D eigenvalue weighted by Gasteiger charge is -2.12. The van der Waals surface area contributed by atoms with Gasteiger partial charge in [-0.2, -0.15) is 10.1 Å². The minimum Gasteiger partial charge on any atom is -0.295 e. The van der Waals surface area contributed by atoms with Crippen molar-refractivity contribution >= 4 is 23.7 Å². The minimum atomic E-state index is -0.420. The third-order valence-electron chi connectivity index (χ3n) is 3.19. The van der Waals surface area contributed by atoms with Gasteiger partial charge in [-0.3, -0.25) is 29.6 Å². The number of nitrogens with zero attached hydrogens (tertiary/aromatic N) is 4. The predicted molar refractivity (Wildman–Crippen MR) is 73.9 cm³/mol. The second-order valence-corrected chi connectivity index (χ2v) is 4.65. The third-order valence-corrected chi connectivity index (χ3v) is 3.19. The van der Waals surface area contributed by atoms with Crippen LogP contribution in [0.4, 0.5) is 5.95 Å². The minimum absolute atomic E-state index is 0.154. The van der Waals surface area contributed by atoms with E-state index in [0.717, 1.165) is 4.90 Å². The van der Waals surface area contributed by atoms with Crippen LogP contribution in [0.2, 0.25) is 0 Å². The van der Waals surface area contributed by atoms with E-state index in [1.54, 1.807) is 12.1 Å². The highest BCUT2D eigenvalue weighted by atomic mass is 16.2. The van der Waals surface area contributed by atoms with Crippen molar-refractivity contribution in [1.82, 2.24) is 25.1 Å². The number of pyridine rings is 1. The van der Waals surface area contributed by atoms with E-state index >= 15 is 0 Å². The summed E-state index contributed by atoms with van der Waals surface area (Å²) < 4.78 is 0. The molecule has 0 aromatic carbocycles. The van der Waals surface area contributed by atoms with Gasteiger partial charge in [0.05, 0.1) is 5.56 Å². The summed E-state index contributed by atoms with van der Waals surface area (Å²) in [6, 6.07) is 3.18. The van der Waals surface area contributed by atoms with Crippen LogP contribution < -0.4 is 5.32 Å². The summed E-state index contributed by atoms with van der Waals surface area (Å²) in [7, 11) is 0. The standard InChI is InChI=1S/C13H12N6O3/c20-9(17-13-15-7-16-18-13)4-2-6-19-11(21)8-3-1-5-14-10(8)12(19)22/h1,3,5,7H,2,4,6H2,(H2,15,16,17,18,20). The van der Waals surface area contributed by atoms with Crippen molar-refractivity contribution in [3.05, 3.63) is 35.9 Å². The van der Waals surface area contributed by atoms with E-state index in [2.05, 4.69) is 25.5 Å². The Morgan fingerprint density at radius 1 is 1.27 bits per heavy atom. The topological polar surface area (TPSA) is 121 Å². The van der Waals surface area contributed by atoms with Gasteiger partial charge in [0.25, 0.3) is 11.8 Å². The molecule has 0 atom stereocenters. The number of fused-ring (bicyclic) bond motifs is 1. The van der Waals surface area contributed by atoms with Gasteiger partial charge in [0, 0.05) is 19.2 Å². The van der Waals surface area contributed by atoms with Crippen LogP contribution in [0, 0.1) is 0 Å². The summed E-state index contributed by atoms with van der Waals surface area (Å²) in [5.41, 5.74) is 0.470. The highest BCUT2D eigenvalue weighted by Gasteiger charge is 2.36. The molecular formula is C13H12N6O3. The fraction of sp³-hybridized carbons (Fsp3) is 0.231. The van der Waals surface area contributed by atoms with E-state index in [1.165, 1.54) is 12.5 Å². The summed E-state index contributed by atoms with van der Waals surface area (Å²) in [6.07, 6.45) is 3.26. The van der Waals surface area contributed by atoms with Crippen molar-refractivity contribution in [3.8, 4) is 0 Å². The smallest absolute Gasteiger partial charge is 0.280 e. The van der Waals surface area contributed by atoms with Gasteiger partial charge in [0.1, 0.15) is 12.0 Å². The van der Waals surface area contributed by atoms with Crippen LogP contribution in [0.5, 0.6) is 0 Å². The Kier molecular flexibility index (Phi) is 3.60. The zero-order valence-corrected chi connectivity index (χ0v) is 11.4. The molecular weight excluding hydrogens is 288 g/mol. The van der Waals surface area contributed by atoms with E-state index in [0.29, 0.717) is 12.0 Å². The molecule has 0 saturated heterocycles. The molecule has 3 heterocycles. The Bertz CT molecular complexity index is 692. The second-order valence-electron chi connectivity index (χ2n) is 4.65. The van der Waals surface area contributed by atoms with E-state index in [1.807, 2.05) is 0 Å². The van der Waals surface area contributed by atoms with E-state index < -0.39 is 5.91 Å². The van der Waals surface area contributed by atoms with Crippen LogP contribution >= 0.6 is 0 Å². The highest BCUT2D eigenvalue weighted by molar-refractivity contribution is 6.20. The van der Waals surface area contributed by atoms with Crippen LogP contribution in [-0.2, 0) is 4.79 Å². The first-order chi connectivity index (χ1) is 10.7. The molecule has 1 aliphatic rings. The van der Waals surface area contributed by atoms with Gasteiger partial charge in [-0.05, 0) is 18.6 Å². The molecule has 3 amide bonds. The van der Waals surface area contributed by atoms with Crippen molar-refractivity contribution < 1.29 is 14.4 Å². The average Bonchev–Trinajstić information content (AvgIpc) is 3.10. The van der Waals surface area contributed by atoms with Gasteiger partial charge in [0.2, 0.25) is 11.9 Å². The zero-order chi connectivity index (χ0) is 15.5. The van der Waals surface area contributed by atoms with Gasteiger partial charge >= 0.3 is 0 Å². The molecule has 9 nitrogen and oxygen atoms in total. The van der Waals surface area contributed by atoms with Crippen LogP contribution in [0.25, 0.3) is 0 Å². The van der Waals surface area contributed by atoms with E-state index in [-0.39, 0.29) is 36.4 Å². The Hall–Kier alpha value is -3.10. The van der Waals surface area contributed by atoms with E-state index in [9.17, 15) is 14.4 Å². The maximum atomic E-state index is 12.1. The number of hydrogen-bond donors (Lipinski definition) is 2. The Balaban J connectivity index is 1.54. The molecule has 22 heavy (non-hydrogen) atoms. The molecule has 3 rings (SSSR count). The number of aromatic amines is 1. The number of anilines is 1. The van der Waals surface area contributed by atoms with Gasteiger partial charge < -0.3 is 0 Å². The molecule has 112 valence electrons. The number of carbonyl (C=O) groups is 3. The molecule has 2 aromatic rings. The quantitative estimate of drug-likeness (QED) is 0.762. The van der Waals surface area contributed by atoms with Crippen LogP contribution in [0.3, 0.4) is 0 Å². The Labute approximate surface area is 124 Å². The van der Waals surface area contributed by atoms with Crippen molar-refractivity contribution in [2.24, 2.45) is 0 Å². The van der Waals surface area contributed by atoms with Gasteiger partial charge in [-0.15, -0.1) is 0 Å². The normalized spacial score (nSPS) is 13.4. The summed E-state index contributed by atoms with van der Waals surface area (Å²) in [5.74, 6) is -0.804. The number of aromatic nitrogens is 4. The number of amides is 3. The maximum absolute atomic E-state index is 12.1. The van der Waals surface area contributed by atoms with Gasteiger partial charge in [0.15, 0.2) is 0 Å². The van der Waals surface area contributed by atoms with Crippen molar-refractivity contribution in [2.45, 2.75) is 12.8 Å². The third kappa shape index (κ3) is 2.55. The Morgan fingerprint density at radius 3 is 2.86 bits per heavy atom. The molecule has 2 N–H and O–H groups in total. The fourth-order valence-corrected chi connectivity index (χ4v) is 2.17. The molecule has 2 aromatic heterocycles. The first-order valence-corrected chi connectivity index (χ1v) is 6.63. The number of rotatable bonds is 5. The van der Waals surface area contributed by atoms with Crippen LogP contribution in [0.15, 0.2) is 24.7 Å². The fourth-order valence-electron chi connectivity index (χ4n) is 2.17. The predicted octanol–water partition coefficient (Wildman–Crippen LogP) is 0.215. The summed E-state index contributed by atoms with van der Waals surface area (Å²) in [6.45, 7) is 0.165. The molecule has 0 aliphatic carbocycles. The number of carbonyl (C=O) groups excluding carboxylic acids is 3. The summed E-state index contributed by atoms with van der Waals surface area (Å²) in [4.78, 5) is 44.6. The average molecular weight is 300 g/mol. The van der Waals surface area contributed by atoms with Gasteiger partial charge in [-0.1, -0.05) is 0 Å². The molecule has 0 saturated carbocycles. The first kappa shape index (κ1) is 13.9. The second kappa shape index (κ2) is 5.72. The van der Waals surface area contributed by atoms with Crippen LogP contribution in [0.1, 0.15) is 33.7 Å².